The summed E-state index contributed by atoms with van der Waals surface area (Å²) in [6, 6.07) is -0.719. The lowest BCUT2D eigenvalue weighted by atomic mass is 9.81. The molecule has 4 amide bonds. The van der Waals surface area contributed by atoms with Gasteiger partial charge in [0, 0.05) is 0 Å². The average Bonchev–Trinajstić information content (AvgIpc) is 2.26. The van der Waals surface area contributed by atoms with E-state index < -0.39 is 23.3 Å². The van der Waals surface area contributed by atoms with Crippen molar-refractivity contribution < 1.29 is 14.4 Å². The summed E-state index contributed by atoms with van der Waals surface area (Å²) in [6.45, 7) is 3.72. The molecule has 0 aromatic carbocycles. The zero-order valence-electron chi connectivity index (χ0n) is 10.5. The van der Waals surface area contributed by atoms with Crippen molar-refractivity contribution in [3.63, 3.8) is 0 Å². The van der Waals surface area contributed by atoms with E-state index in [9.17, 15) is 14.4 Å². The molecule has 1 fully saturated rings. The van der Waals surface area contributed by atoms with E-state index in [0.29, 0.717) is 6.42 Å². The first-order chi connectivity index (χ1) is 8.00. The number of amides is 4. The van der Waals surface area contributed by atoms with Gasteiger partial charge in [-0.05, 0) is 13.3 Å². The van der Waals surface area contributed by atoms with Crippen LogP contribution in [-0.2, 0) is 9.59 Å². The second kappa shape index (κ2) is 5.80. The van der Waals surface area contributed by atoms with Crippen molar-refractivity contribution >= 4 is 17.8 Å². The molecular weight excluding hydrogens is 220 g/mol. The van der Waals surface area contributed by atoms with E-state index in [1.54, 1.807) is 6.92 Å². The molecule has 5 heteroatoms. The lowest BCUT2D eigenvalue weighted by molar-refractivity contribution is -0.143. The zero-order chi connectivity index (χ0) is 12.9. The van der Waals surface area contributed by atoms with Crippen molar-refractivity contribution in [3.8, 4) is 0 Å². The molecule has 0 aromatic rings. The van der Waals surface area contributed by atoms with Gasteiger partial charge in [-0.3, -0.25) is 20.2 Å². The molecule has 0 spiro atoms. The Balaban J connectivity index is 2.46. The van der Waals surface area contributed by atoms with E-state index in [1.807, 2.05) is 0 Å². The molecule has 0 radical (unpaired) electrons. The maximum atomic E-state index is 11.7. The molecule has 1 aliphatic heterocycles. The number of nitrogens with one attached hydrogen (secondary N) is 2. The molecule has 1 rings (SSSR count). The monoisotopic (exact) mass is 240 g/mol. The molecule has 17 heavy (non-hydrogen) atoms. The standard InChI is InChI=1S/C12H20N2O3/c1-3-4-5-6-7-8-12(2)9(15)13-11(17)14-10(12)16/h3-8H2,1-2H3,(H2,13,14,15,16,17). The quantitative estimate of drug-likeness (QED) is 0.548. The molecule has 0 aliphatic carbocycles. The average molecular weight is 240 g/mol. The Labute approximate surface area is 101 Å². The summed E-state index contributed by atoms with van der Waals surface area (Å²) < 4.78 is 0. The predicted molar refractivity (Wildman–Crippen MR) is 63.2 cm³/mol. The van der Waals surface area contributed by atoms with Crippen LogP contribution < -0.4 is 10.6 Å². The highest BCUT2D eigenvalue weighted by Crippen LogP contribution is 2.27. The largest absolute Gasteiger partial charge is 0.328 e. The van der Waals surface area contributed by atoms with Gasteiger partial charge in [-0.15, -0.1) is 0 Å². The van der Waals surface area contributed by atoms with Gasteiger partial charge in [0.25, 0.3) is 0 Å². The van der Waals surface area contributed by atoms with Crippen molar-refractivity contribution in [2.45, 2.75) is 52.4 Å². The number of hydrogen-bond donors (Lipinski definition) is 2. The summed E-state index contributed by atoms with van der Waals surface area (Å²) in [6.07, 6.45) is 5.78. The maximum absolute atomic E-state index is 11.7. The van der Waals surface area contributed by atoms with Crippen LogP contribution in [0.1, 0.15) is 52.4 Å². The van der Waals surface area contributed by atoms with Gasteiger partial charge < -0.3 is 0 Å². The van der Waals surface area contributed by atoms with Gasteiger partial charge >= 0.3 is 6.03 Å². The Hall–Kier alpha value is -1.39. The number of urea groups is 1. The lowest BCUT2D eigenvalue weighted by Gasteiger charge is -2.30. The van der Waals surface area contributed by atoms with Crippen LogP contribution in [0.5, 0.6) is 0 Å². The number of carbonyl (C=O) groups excluding carboxylic acids is 3. The minimum Gasteiger partial charge on any atom is -0.277 e. The van der Waals surface area contributed by atoms with Gasteiger partial charge in [-0.1, -0.05) is 39.0 Å². The normalized spacial score (nSPS) is 18.8. The van der Waals surface area contributed by atoms with Crippen LogP contribution in [0, 0.1) is 5.41 Å². The molecule has 1 heterocycles. The fourth-order valence-corrected chi connectivity index (χ4v) is 1.93. The molecule has 5 nitrogen and oxygen atoms in total. The van der Waals surface area contributed by atoms with Gasteiger partial charge in [-0.2, -0.15) is 0 Å². The summed E-state index contributed by atoms with van der Waals surface area (Å²) in [4.78, 5) is 34.3. The first kappa shape index (κ1) is 13.7. The summed E-state index contributed by atoms with van der Waals surface area (Å²) in [5.41, 5.74) is -1.10. The van der Waals surface area contributed by atoms with Gasteiger partial charge in [0.2, 0.25) is 11.8 Å². The molecule has 2 N–H and O–H groups in total. The van der Waals surface area contributed by atoms with Gasteiger partial charge in [0.15, 0.2) is 0 Å². The number of barbiturate groups is 1. The van der Waals surface area contributed by atoms with Crippen molar-refractivity contribution in [1.82, 2.24) is 10.6 Å². The summed E-state index contributed by atoms with van der Waals surface area (Å²) in [5, 5.41) is 4.29. The van der Waals surface area contributed by atoms with Gasteiger partial charge in [-0.25, -0.2) is 4.79 Å². The van der Waals surface area contributed by atoms with Crippen LogP contribution in [0.2, 0.25) is 0 Å². The van der Waals surface area contributed by atoms with Crippen LogP contribution in [0.3, 0.4) is 0 Å². The smallest absolute Gasteiger partial charge is 0.277 e. The second-order valence-corrected chi connectivity index (χ2v) is 4.73. The SMILES string of the molecule is CCCCCCCC1(C)C(=O)NC(=O)NC1=O. The molecule has 96 valence electrons. The first-order valence-electron chi connectivity index (χ1n) is 6.17. The van der Waals surface area contributed by atoms with Crippen LogP contribution in [0.15, 0.2) is 0 Å². The highest BCUT2D eigenvalue weighted by Gasteiger charge is 2.45. The maximum Gasteiger partial charge on any atom is 0.328 e. The fourth-order valence-electron chi connectivity index (χ4n) is 1.93. The number of hydrogen-bond acceptors (Lipinski definition) is 3. The Kier molecular flexibility index (Phi) is 4.66. The third-order valence-electron chi connectivity index (χ3n) is 3.24. The minimum absolute atomic E-state index is 0.484. The Morgan fingerprint density at radius 3 is 2.00 bits per heavy atom. The predicted octanol–water partition coefficient (Wildman–Crippen LogP) is 1.72. The van der Waals surface area contributed by atoms with E-state index in [2.05, 4.69) is 17.6 Å². The topological polar surface area (TPSA) is 75.3 Å². The Morgan fingerprint density at radius 1 is 0.941 bits per heavy atom. The molecule has 0 atom stereocenters. The highest BCUT2D eigenvalue weighted by molar-refractivity contribution is 6.18. The number of carbonyl (C=O) groups is 3. The van der Waals surface area contributed by atoms with Crippen molar-refractivity contribution in [1.29, 1.82) is 0 Å². The molecule has 0 unspecified atom stereocenters. The second-order valence-electron chi connectivity index (χ2n) is 4.73. The Bertz CT molecular complexity index is 306. The van der Waals surface area contributed by atoms with Crippen molar-refractivity contribution in [3.05, 3.63) is 0 Å². The van der Waals surface area contributed by atoms with Crippen LogP contribution in [-0.4, -0.2) is 17.8 Å². The first-order valence-corrected chi connectivity index (χ1v) is 6.17. The third-order valence-corrected chi connectivity index (χ3v) is 3.24. The van der Waals surface area contributed by atoms with E-state index in [4.69, 9.17) is 0 Å². The molecule has 0 saturated carbocycles. The van der Waals surface area contributed by atoms with E-state index in [0.717, 1.165) is 25.7 Å². The lowest BCUT2D eigenvalue weighted by Crippen LogP contribution is -2.61. The third kappa shape index (κ3) is 3.28. The number of unbranched alkanes of at least 4 members (excludes halogenated alkanes) is 4. The number of imide groups is 2. The van der Waals surface area contributed by atoms with Gasteiger partial charge in [0.05, 0.1) is 0 Å². The fraction of sp³-hybridized carbons (Fsp3) is 0.750. The van der Waals surface area contributed by atoms with Crippen LogP contribution in [0.25, 0.3) is 0 Å². The summed E-state index contributed by atoms with van der Waals surface area (Å²) in [7, 11) is 0. The van der Waals surface area contributed by atoms with Crippen molar-refractivity contribution in [2.24, 2.45) is 5.41 Å². The molecule has 1 aliphatic rings. The van der Waals surface area contributed by atoms with Crippen LogP contribution >= 0.6 is 0 Å². The molecule has 0 aromatic heterocycles. The minimum atomic E-state index is -1.10. The van der Waals surface area contributed by atoms with E-state index in [-0.39, 0.29) is 0 Å². The summed E-state index contributed by atoms with van der Waals surface area (Å²) in [5.74, 6) is -0.969. The van der Waals surface area contributed by atoms with Crippen molar-refractivity contribution in [2.75, 3.05) is 0 Å². The molecule has 1 saturated heterocycles. The van der Waals surface area contributed by atoms with Gasteiger partial charge in [0.1, 0.15) is 5.41 Å². The summed E-state index contributed by atoms with van der Waals surface area (Å²) >= 11 is 0. The van der Waals surface area contributed by atoms with E-state index in [1.165, 1.54) is 6.42 Å². The van der Waals surface area contributed by atoms with E-state index >= 15 is 0 Å². The number of rotatable bonds is 6. The molecular formula is C12H20N2O3. The highest BCUT2D eigenvalue weighted by atomic mass is 16.2. The zero-order valence-corrected chi connectivity index (χ0v) is 10.5. The molecule has 0 bridgehead atoms. The Morgan fingerprint density at radius 2 is 1.47 bits per heavy atom. The van der Waals surface area contributed by atoms with Crippen LogP contribution in [0.4, 0.5) is 4.79 Å².